The summed E-state index contributed by atoms with van der Waals surface area (Å²) in [6.07, 6.45) is 1.38. The molecule has 4 rings (SSSR count). The number of amides is 1. The van der Waals surface area contributed by atoms with Crippen LogP contribution in [-0.2, 0) is 16.1 Å². The van der Waals surface area contributed by atoms with Crippen LogP contribution in [0.25, 0.3) is 21.3 Å². The Kier molecular flexibility index (Phi) is 5.64. The molecule has 0 aliphatic heterocycles. The molecule has 31 heavy (non-hydrogen) atoms. The van der Waals surface area contributed by atoms with Gasteiger partial charge in [-0.1, -0.05) is 35.9 Å². The molecule has 0 spiro atoms. The molecule has 2 heterocycles. The number of hydrogen-bond donors (Lipinski definition) is 1. The average Bonchev–Trinajstić information content (AvgIpc) is 3.21. The highest BCUT2D eigenvalue weighted by Crippen LogP contribution is 2.30. The summed E-state index contributed by atoms with van der Waals surface area (Å²) in [6, 6.07) is 14.3. The summed E-state index contributed by atoms with van der Waals surface area (Å²) in [6.45, 7) is 1.80. The van der Waals surface area contributed by atoms with Crippen molar-refractivity contribution in [3.63, 3.8) is 0 Å². The molecule has 0 radical (unpaired) electrons. The quantitative estimate of drug-likeness (QED) is 0.483. The van der Waals surface area contributed by atoms with Gasteiger partial charge in [-0.25, -0.2) is 9.78 Å². The molecule has 2 aromatic carbocycles. The SMILES string of the molecule is COC(=O)c1cccc(NC(=O)Cn2cnc3scc(-c4ccc(C)cc4)c3c2=O)c1. The zero-order valence-corrected chi connectivity index (χ0v) is 17.7. The van der Waals surface area contributed by atoms with Crippen LogP contribution in [0.5, 0.6) is 0 Å². The second kappa shape index (κ2) is 8.53. The van der Waals surface area contributed by atoms with E-state index >= 15 is 0 Å². The average molecular weight is 433 g/mol. The summed E-state index contributed by atoms with van der Waals surface area (Å²) < 4.78 is 5.97. The molecule has 0 fully saturated rings. The Balaban J connectivity index is 1.60. The van der Waals surface area contributed by atoms with Crippen molar-refractivity contribution in [3.05, 3.63) is 81.7 Å². The highest BCUT2D eigenvalue weighted by atomic mass is 32.1. The lowest BCUT2D eigenvalue weighted by Crippen LogP contribution is -2.27. The van der Waals surface area contributed by atoms with E-state index in [-0.39, 0.29) is 12.1 Å². The highest BCUT2D eigenvalue weighted by Gasteiger charge is 2.15. The number of nitrogens with zero attached hydrogens (tertiary/aromatic N) is 2. The van der Waals surface area contributed by atoms with Crippen LogP contribution in [0.2, 0.25) is 0 Å². The predicted molar refractivity (Wildman–Crippen MR) is 120 cm³/mol. The van der Waals surface area contributed by atoms with Crippen LogP contribution in [0.3, 0.4) is 0 Å². The lowest BCUT2D eigenvalue weighted by Gasteiger charge is -2.09. The van der Waals surface area contributed by atoms with Gasteiger partial charge in [0.25, 0.3) is 5.56 Å². The zero-order chi connectivity index (χ0) is 22.0. The zero-order valence-electron chi connectivity index (χ0n) is 16.9. The van der Waals surface area contributed by atoms with Gasteiger partial charge < -0.3 is 10.1 Å². The molecule has 4 aromatic rings. The monoisotopic (exact) mass is 433 g/mol. The number of nitrogens with one attached hydrogen (secondary N) is 1. The first-order valence-corrected chi connectivity index (χ1v) is 10.4. The summed E-state index contributed by atoms with van der Waals surface area (Å²) >= 11 is 1.39. The Bertz CT molecular complexity index is 1340. The van der Waals surface area contributed by atoms with Crippen LogP contribution in [0.4, 0.5) is 5.69 Å². The van der Waals surface area contributed by atoms with Crippen LogP contribution in [0.15, 0.2) is 65.0 Å². The van der Waals surface area contributed by atoms with Crippen LogP contribution in [-0.4, -0.2) is 28.5 Å². The van der Waals surface area contributed by atoms with Crippen LogP contribution >= 0.6 is 11.3 Å². The van der Waals surface area contributed by atoms with Crippen molar-refractivity contribution in [3.8, 4) is 11.1 Å². The van der Waals surface area contributed by atoms with Crippen molar-refractivity contribution in [2.75, 3.05) is 12.4 Å². The summed E-state index contributed by atoms with van der Waals surface area (Å²) in [7, 11) is 1.29. The third-order valence-electron chi connectivity index (χ3n) is 4.80. The normalized spacial score (nSPS) is 10.8. The van der Waals surface area contributed by atoms with Crippen LogP contribution in [0.1, 0.15) is 15.9 Å². The van der Waals surface area contributed by atoms with Gasteiger partial charge in [-0.3, -0.25) is 14.2 Å². The van der Waals surface area contributed by atoms with Gasteiger partial charge in [0, 0.05) is 16.6 Å². The fourth-order valence-electron chi connectivity index (χ4n) is 3.22. The molecule has 0 saturated carbocycles. The first-order valence-electron chi connectivity index (χ1n) is 9.48. The Morgan fingerprint density at radius 3 is 2.68 bits per heavy atom. The molecule has 0 aliphatic rings. The number of carbonyl (C=O) groups excluding carboxylic acids is 2. The molecule has 0 unspecified atom stereocenters. The fourth-order valence-corrected chi connectivity index (χ4v) is 4.13. The standard InChI is InChI=1S/C23H19N3O4S/c1-14-6-8-15(9-7-14)18-12-31-21-20(18)22(28)26(13-24-21)11-19(27)25-17-5-3-4-16(10-17)23(29)30-2/h3-10,12-13H,11H2,1-2H3,(H,25,27). The van der Waals surface area contributed by atoms with E-state index in [9.17, 15) is 14.4 Å². The molecule has 156 valence electrons. The number of hydrogen-bond acceptors (Lipinski definition) is 6. The molecule has 0 saturated heterocycles. The topological polar surface area (TPSA) is 90.3 Å². The number of methoxy groups -OCH3 is 1. The second-order valence-corrected chi connectivity index (χ2v) is 7.85. The number of rotatable bonds is 5. The molecule has 7 nitrogen and oxygen atoms in total. The minimum atomic E-state index is -0.497. The Morgan fingerprint density at radius 2 is 1.94 bits per heavy atom. The third kappa shape index (κ3) is 4.24. The van der Waals surface area contributed by atoms with Crippen molar-refractivity contribution >= 4 is 39.1 Å². The van der Waals surface area contributed by atoms with E-state index in [0.29, 0.717) is 21.5 Å². The maximum Gasteiger partial charge on any atom is 0.337 e. The molecule has 0 aliphatic carbocycles. The van der Waals surface area contributed by atoms with E-state index in [1.54, 1.807) is 18.2 Å². The Morgan fingerprint density at radius 1 is 1.16 bits per heavy atom. The minimum Gasteiger partial charge on any atom is -0.465 e. The van der Waals surface area contributed by atoms with E-state index in [4.69, 9.17) is 4.74 Å². The summed E-state index contributed by atoms with van der Waals surface area (Å²) in [5, 5.41) is 5.11. The number of ether oxygens (including phenoxy) is 1. The number of aromatic nitrogens is 2. The highest BCUT2D eigenvalue weighted by molar-refractivity contribution is 7.17. The van der Waals surface area contributed by atoms with E-state index in [2.05, 4.69) is 10.3 Å². The molecule has 2 aromatic heterocycles. The van der Waals surface area contributed by atoms with Gasteiger partial charge in [-0.2, -0.15) is 0 Å². The van der Waals surface area contributed by atoms with E-state index < -0.39 is 11.9 Å². The molecular formula is C23H19N3O4S. The summed E-state index contributed by atoms with van der Waals surface area (Å²) in [4.78, 5) is 42.3. The number of anilines is 1. The van der Waals surface area contributed by atoms with E-state index in [0.717, 1.165) is 16.7 Å². The fraction of sp³-hybridized carbons (Fsp3) is 0.130. The van der Waals surface area contributed by atoms with Gasteiger partial charge in [-0.05, 0) is 30.7 Å². The second-order valence-electron chi connectivity index (χ2n) is 6.99. The van der Waals surface area contributed by atoms with Crippen LogP contribution in [0, 0.1) is 6.92 Å². The van der Waals surface area contributed by atoms with Crippen molar-refractivity contribution in [1.82, 2.24) is 9.55 Å². The molecule has 0 atom stereocenters. The van der Waals surface area contributed by atoms with Gasteiger partial charge >= 0.3 is 5.97 Å². The Labute approximate surface area is 181 Å². The number of carbonyl (C=O) groups is 2. The molecule has 1 N–H and O–H groups in total. The lowest BCUT2D eigenvalue weighted by molar-refractivity contribution is -0.116. The van der Waals surface area contributed by atoms with Crippen molar-refractivity contribution < 1.29 is 14.3 Å². The molecule has 8 heteroatoms. The maximum absolute atomic E-state index is 13.1. The molecule has 0 bridgehead atoms. The number of esters is 1. The number of benzene rings is 2. The van der Waals surface area contributed by atoms with Crippen molar-refractivity contribution in [2.24, 2.45) is 0 Å². The van der Waals surface area contributed by atoms with Gasteiger partial charge in [0.05, 0.1) is 24.4 Å². The lowest BCUT2D eigenvalue weighted by atomic mass is 10.1. The number of aryl methyl sites for hydroxylation is 1. The van der Waals surface area contributed by atoms with Crippen LogP contribution < -0.4 is 10.9 Å². The summed E-state index contributed by atoms with van der Waals surface area (Å²) in [5.41, 5.74) is 3.34. The van der Waals surface area contributed by atoms with Gasteiger partial charge in [0.2, 0.25) is 5.91 Å². The van der Waals surface area contributed by atoms with E-state index in [1.165, 1.54) is 35.4 Å². The first kappa shape index (κ1) is 20.5. The van der Waals surface area contributed by atoms with Gasteiger partial charge in [0.1, 0.15) is 11.4 Å². The van der Waals surface area contributed by atoms with Gasteiger partial charge in [-0.15, -0.1) is 11.3 Å². The largest absolute Gasteiger partial charge is 0.465 e. The predicted octanol–water partition coefficient (Wildman–Crippen LogP) is 3.86. The van der Waals surface area contributed by atoms with Crippen molar-refractivity contribution in [2.45, 2.75) is 13.5 Å². The smallest absolute Gasteiger partial charge is 0.337 e. The van der Waals surface area contributed by atoms with E-state index in [1.807, 2.05) is 36.6 Å². The maximum atomic E-state index is 13.1. The summed E-state index contributed by atoms with van der Waals surface area (Å²) in [5.74, 6) is -0.902. The van der Waals surface area contributed by atoms with Gasteiger partial charge in [0.15, 0.2) is 0 Å². The molecule has 1 amide bonds. The Hall–Kier alpha value is -3.78. The number of thiophene rings is 1. The number of fused-ring (bicyclic) bond motifs is 1. The minimum absolute atomic E-state index is 0.201. The van der Waals surface area contributed by atoms with Crippen molar-refractivity contribution in [1.29, 1.82) is 0 Å². The molecular weight excluding hydrogens is 414 g/mol. The first-order chi connectivity index (χ1) is 15.0. The third-order valence-corrected chi connectivity index (χ3v) is 5.69.